The quantitative estimate of drug-likeness (QED) is 0.860. The number of nitrogens with zero attached hydrogens (tertiary/aromatic N) is 1. The van der Waals surface area contributed by atoms with Crippen molar-refractivity contribution in [1.29, 1.82) is 0 Å². The number of nitrogens with one attached hydrogen (secondary N) is 1. The van der Waals surface area contributed by atoms with Crippen molar-refractivity contribution in [1.82, 2.24) is 10.2 Å². The van der Waals surface area contributed by atoms with E-state index in [2.05, 4.69) is 61.4 Å². The largest absolute Gasteiger partial charge is 0.308 e. The molecule has 1 heterocycles. The Labute approximate surface area is 110 Å². The van der Waals surface area contributed by atoms with E-state index < -0.39 is 0 Å². The molecule has 2 fully saturated rings. The van der Waals surface area contributed by atoms with Crippen LogP contribution in [0.1, 0.15) is 32.3 Å². The van der Waals surface area contributed by atoms with Gasteiger partial charge in [0, 0.05) is 18.6 Å². The highest BCUT2D eigenvalue weighted by Gasteiger charge is 2.48. The molecular formula is C16H24N2. The monoisotopic (exact) mass is 244 g/mol. The Kier molecular flexibility index (Phi) is 2.76. The molecule has 0 bridgehead atoms. The Morgan fingerprint density at radius 3 is 2.39 bits per heavy atom. The van der Waals surface area contributed by atoms with E-state index in [1.165, 1.54) is 18.4 Å². The SMILES string of the molecule is CN1CC(C)(C2CC2)NCC1(C)c1ccccc1. The molecule has 2 heteroatoms. The lowest BCUT2D eigenvalue weighted by atomic mass is 9.82. The van der Waals surface area contributed by atoms with E-state index in [-0.39, 0.29) is 5.54 Å². The second-order valence-corrected chi connectivity index (χ2v) is 6.54. The fourth-order valence-electron chi connectivity index (χ4n) is 3.35. The van der Waals surface area contributed by atoms with Gasteiger partial charge >= 0.3 is 0 Å². The van der Waals surface area contributed by atoms with E-state index in [0.29, 0.717) is 5.54 Å². The summed E-state index contributed by atoms with van der Waals surface area (Å²) in [5, 5.41) is 3.84. The first kappa shape index (κ1) is 12.2. The lowest BCUT2D eigenvalue weighted by Crippen LogP contribution is -2.66. The minimum absolute atomic E-state index is 0.121. The van der Waals surface area contributed by atoms with E-state index in [0.717, 1.165) is 19.0 Å². The van der Waals surface area contributed by atoms with Crippen LogP contribution in [0.3, 0.4) is 0 Å². The molecule has 1 aliphatic heterocycles. The predicted octanol–water partition coefficient (Wildman–Crippen LogP) is 2.61. The van der Waals surface area contributed by atoms with Crippen LogP contribution in [-0.4, -0.2) is 30.6 Å². The summed E-state index contributed by atoms with van der Waals surface area (Å²) in [4.78, 5) is 2.54. The highest BCUT2D eigenvalue weighted by atomic mass is 15.3. The van der Waals surface area contributed by atoms with Crippen LogP contribution in [0.15, 0.2) is 30.3 Å². The maximum absolute atomic E-state index is 3.84. The first-order valence-corrected chi connectivity index (χ1v) is 7.06. The van der Waals surface area contributed by atoms with E-state index in [1.54, 1.807) is 0 Å². The van der Waals surface area contributed by atoms with Crippen LogP contribution < -0.4 is 5.32 Å². The molecular weight excluding hydrogens is 220 g/mol. The van der Waals surface area contributed by atoms with Crippen LogP contribution in [0, 0.1) is 5.92 Å². The molecule has 1 saturated heterocycles. The predicted molar refractivity (Wildman–Crippen MR) is 75.6 cm³/mol. The first-order chi connectivity index (χ1) is 8.55. The van der Waals surface area contributed by atoms with Gasteiger partial charge in [-0.05, 0) is 45.2 Å². The number of hydrogen-bond donors (Lipinski definition) is 1. The van der Waals surface area contributed by atoms with E-state index in [4.69, 9.17) is 0 Å². The Morgan fingerprint density at radius 1 is 1.17 bits per heavy atom. The van der Waals surface area contributed by atoms with Crippen LogP contribution in [0.2, 0.25) is 0 Å². The minimum Gasteiger partial charge on any atom is -0.308 e. The second-order valence-electron chi connectivity index (χ2n) is 6.54. The van der Waals surface area contributed by atoms with E-state index in [1.807, 2.05) is 0 Å². The summed E-state index contributed by atoms with van der Waals surface area (Å²) >= 11 is 0. The molecule has 1 aromatic carbocycles. The van der Waals surface area contributed by atoms with Crippen LogP contribution in [0.4, 0.5) is 0 Å². The molecule has 1 saturated carbocycles. The Bertz CT molecular complexity index is 426. The number of rotatable bonds is 2. The molecule has 3 rings (SSSR count). The number of piperazine rings is 1. The maximum atomic E-state index is 3.84. The van der Waals surface area contributed by atoms with Crippen molar-refractivity contribution in [2.45, 2.75) is 37.8 Å². The van der Waals surface area contributed by atoms with E-state index >= 15 is 0 Å². The van der Waals surface area contributed by atoms with Gasteiger partial charge in [-0.1, -0.05) is 30.3 Å². The lowest BCUT2D eigenvalue weighted by molar-refractivity contribution is 0.0325. The maximum Gasteiger partial charge on any atom is 0.0555 e. The molecule has 2 nitrogen and oxygen atoms in total. The van der Waals surface area contributed by atoms with Gasteiger partial charge in [0.1, 0.15) is 0 Å². The van der Waals surface area contributed by atoms with Gasteiger partial charge in [-0.2, -0.15) is 0 Å². The standard InChI is InChI=1S/C16H24N2/c1-15(13-9-10-13)12-18(3)16(2,11-17-15)14-7-5-4-6-8-14/h4-8,13,17H,9-12H2,1-3H3. The number of benzene rings is 1. The van der Waals surface area contributed by atoms with Crippen molar-refractivity contribution in [3.8, 4) is 0 Å². The second kappa shape index (κ2) is 4.07. The molecule has 1 aliphatic carbocycles. The fraction of sp³-hybridized carbons (Fsp3) is 0.625. The summed E-state index contributed by atoms with van der Waals surface area (Å²) in [6.45, 7) is 6.93. The van der Waals surface area contributed by atoms with Crippen LogP contribution in [-0.2, 0) is 5.54 Å². The normalized spacial score (nSPS) is 37.7. The Balaban J connectivity index is 1.83. The summed E-state index contributed by atoms with van der Waals surface area (Å²) < 4.78 is 0. The zero-order chi connectivity index (χ0) is 12.8. The van der Waals surface area contributed by atoms with E-state index in [9.17, 15) is 0 Å². The van der Waals surface area contributed by atoms with Crippen LogP contribution >= 0.6 is 0 Å². The molecule has 2 aliphatic rings. The molecule has 0 spiro atoms. The van der Waals surface area contributed by atoms with Crippen molar-refractivity contribution in [3.05, 3.63) is 35.9 Å². The topological polar surface area (TPSA) is 15.3 Å². The molecule has 1 N–H and O–H groups in total. The van der Waals surface area contributed by atoms with Gasteiger partial charge in [0.05, 0.1) is 5.54 Å². The highest BCUT2D eigenvalue weighted by molar-refractivity contribution is 5.26. The number of hydrogen-bond acceptors (Lipinski definition) is 2. The van der Waals surface area contributed by atoms with Gasteiger partial charge in [-0.15, -0.1) is 0 Å². The minimum atomic E-state index is 0.121. The third-order valence-electron chi connectivity index (χ3n) is 5.12. The zero-order valence-electron chi connectivity index (χ0n) is 11.7. The molecule has 2 atom stereocenters. The van der Waals surface area contributed by atoms with Gasteiger partial charge < -0.3 is 5.32 Å². The summed E-state index contributed by atoms with van der Waals surface area (Å²) in [5.41, 5.74) is 1.86. The third kappa shape index (κ3) is 1.88. The summed E-state index contributed by atoms with van der Waals surface area (Å²) in [7, 11) is 2.27. The van der Waals surface area contributed by atoms with Crippen LogP contribution in [0.5, 0.6) is 0 Å². The third-order valence-corrected chi connectivity index (χ3v) is 5.12. The van der Waals surface area contributed by atoms with Crippen molar-refractivity contribution in [2.24, 2.45) is 5.92 Å². The summed E-state index contributed by atoms with van der Waals surface area (Å²) in [6.07, 6.45) is 2.80. The molecule has 0 aromatic heterocycles. The smallest absolute Gasteiger partial charge is 0.0555 e. The van der Waals surface area contributed by atoms with Crippen molar-refractivity contribution in [2.75, 3.05) is 20.1 Å². The average molecular weight is 244 g/mol. The molecule has 1 aromatic rings. The van der Waals surface area contributed by atoms with Gasteiger partial charge in [-0.25, -0.2) is 0 Å². The molecule has 0 radical (unpaired) electrons. The molecule has 18 heavy (non-hydrogen) atoms. The molecule has 2 unspecified atom stereocenters. The van der Waals surface area contributed by atoms with Gasteiger partial charge in [-0.3, -0.25) is 4.90 Å². The van der Waals surface area contributed by atoms with Crippen molar-refractivity contribution < 1.29 is 0 Å². The van der Waals surface area contributed by atoms with Crippen molar-refractivity contribution >= 4 is 0 Å². The fourth-order valence-corrected chi connectivity index (χ4v) is 3.35. The average Bonchev–Trinajstić information content (AvgIpc) is 3.20. The van der Waals surface area contributed by atoms with Gasteiger partial charge in [0.25, 0.3) is 0 Å². The van der Waals surface area contributed by atoms with Gasteiger partial charge in [0.2, 0.25) is 0 Å². The lowest BCUT2D eigenvalue weighted by Gasteiger charge is -2.51. The van der Waals surface area contributed by atoms with Gasteiger partial charge in [0.15, 0.2) is 0 Å². The summed E-state index contributed by atoms with van der Waals surface area (Å²) in [5.74, 6) is 0.889. The van der Waals surface area contributed by atoms with Crippen molar-refractivity contribution in [3.63, 3.8) is 0 Å². The highest BCUT2D eigenvalue weighted by Crippen LogP contribution is 2.43. The van der Waals surface area contributed by atoms with Crippen LogP contribution in [0.25, 0.3) is 0 Å². The first-order valence-electron chi connectivity index (χ1n) is 7.06. The summed E-state index contributed by atoms with van der Waals surface area (Å²) in [6, 6.07) is 10.9. The molecule has 0 amide bonds. The molecule has 98 valence electrons. The Morgan fingerprint density at radius 2 is 1.83 bits per heavy atom. The Hall–Kier alpha value is -0.860. The number of likely N-dealkylation sites (N-methyl/N-ethyl adjacent to an activating group) is 1. The zero-order valence-corrected chi connectivity index (χ0v) is 11.7.